The van der Waals surface area contributed by atoms with Crippen molar-refractivity contribution in [2.45, 2.75) is 30.0 Å². The van der Waals surface area contributed by atoms with Gasteiger partial charge in [0.1, 0.15) is 0 Å². The minimum atomic E-state index is -0.0974. The van der Waals surface area contributed by atoms with Gasteiger partial charge in [-0.25, -0.2) is 4.79 Å². The lowest BCUT2D eigenvalue weighted by atomic mass is 9.91. The second-order valence-corrected chi connectivity index (χ2v) is 8.49. The van der Waals surface area contributed by atoms with Crippen molar-refractivity contribution in [3.8, 4) is 0 Å². The van der Waals surface area contributed by atoms with E-state index in [-0.39, 0.29) is 17.7 Å². The lowest BCUT2D eigenvalue weighted by molar-refractivity contribution is 0.0544. The number of rotatable bonds is 7. The molecule has 1 saturated heterocycles. The average molecular weight is 413 g/mol. The summed E-state index contributed by atoms with van der Waals surface area (Å²) in [6.45, 7) is 1.88. The SMILES string of the molecule is CN(C)C(=O)NCc1ccc(CSc2cccc(C(=O)C3CCOCC3)c2)cc1. The molecule has 1 aliphatic heterocycles. The van der Waals surface area contributed by atoms with E-state index in [1.54, 1.807) is 25.9 Å². The van der Waals surface area contributed by atoms with Crippen LogP contribution in [0.15, 0.2) is 53.4 Å². The van der Waals surface area contributed by atoms with Crippen LogP contribution < -0.4 is 5.32 Å². The Kier molecular flexibility index (Phi) is 7.72. The minimum Gasteiger partial charge on any atom is -0.381 e. The Morgan fingerprint density at radius 1 is 1.07 bits per heavy atom. The van der Waals surface area contributed by atoms with Crippen LogP contribution in [0.25, 0.3) is 0 Å². The Hall–Kier alpha value is -2.31. The topological polar surface area (TPSA) is 58.6 Å². The number of carbonyl (C=O) groups is 2. The van der Waals surface area contributed by atoms with Crippen molar-refractivity contribution >= 4 is 23.6 Å². The van der Waals surface area contributed by atoms with Crippen LogP contribution in [-0.2, 0) is 17.0 Å². The number of amides is 2. The summed E-state index contributed by atoms with van der Waals surface area (Å²) in [4.78, 5) is 26.9. The van der Waals surface area contributed by atoms with Crippen molar-refractivity contribution in [2.75, 3.05) is 27.3 Å². The third-order valence-corrected chi connectivity index (χ3v) is 6.05. The van der Waals surface area contributed by atoms with Crippen LogP contribution in [0.4, 0.5) is 4.79 Å². The molecule has 0 radical (unpaired) electrons. The summed E-state index contributed by atoms with van der Waals surface area (Å²) >= 11 is 1.73. The van der Waals surface area contributed by atoms with Crippen LogP contribution >= 0.6 is 11.8 Å². The van der Waals surface area contributed by atoms with Gasteiger partial charge in [-0.2, -0.15) is 0 Å². The van der Waals surface area contributed by atoms with Gasteiger partial charge in [-0.3, -0.25) is 4.79 Å². The van der Waals surface area contributed by atoms with Crippen molar-refractivity contribution in [3.05, 3.63) is 65.2 Å². The van der Waals surface area contributed by atoms with E-state index in [9.17, 15) is 9.59 Å². The van der Waals surface area contributed by atoms with E-state index in [0.717, 1.165) is 34.6 Å². The van der Waals surface area contributed by atoms with Crippen LogP contribution in [0.2, 0.25) is 0 Å². The van der Waals surface area contributed by atoms with E-state index >= 15 is 0 Å². The second kappa shape index (κ2) is 10.5. The van der Waals surface area contributed by atoms with Gasteiger partial charge in [-0.05, 0) is 36.1 Å². The summed E-state index contributed by atoms with van der Waals surface area (Å²) in [5.74, 6) is 1.16. The van der Waals surface area contributed by atoms with Crippen molar-refractivity contribution in [3.63, 3.8) is 0 Å². The highest BCUT2D eigenvalue weighted by Crippen LogP contribution is 2.26. The van der Waals surface area contributed by atoms with Gasteiger partial charge in [0, 0.05) is 56.0 Å². The first kappa shape index (κ1) is 21.4. The molecule has 2 aromatic rings. The van der Waals surface area contributed by atoms with Gasteiger partial charge in [0.25, 0.3) is 0 Å². The maximum absolute atomic E-state index is 12.7. The smallest absolute Gasteiger partial charge is 0.317 e. The molecule has 6 heteroatoms. The molecule has 0 aliphatic carbocycles. The molecule has 29 heavy (non-hydrogen) atoms. The minimum absolute atomic E-state index is 0.0875. The molecule has 0 saturated carbocycles. The van der Waals surface area contributed by atoms with E-state index in [1.807, 2.05) is 30.3 Å². The number of Topliss-reactive ketones (excluding diaryl/α,β-unsaturated/α-hetero) is 1. The first-order valence-electron chi connectivity index (χ1n) is 9.90. The summed E-state index contributed by atoms with van der Waals surface area (Å²) in [6.07, 6.45) is 1.63. The predicted molar refractivity (Wildman–Crippen MR) is 116 cm³/mol. The number of hydrogen-bond acceptors (Lipinski definition) is 4. The quantitative estimate of drug-likeness (QED) is 0.542. The normalized spacial score (nSPS) is 14.4. The summed E-state index contributed by atoms with van der Waals surface area (Å²) in [6, 6.07) is 16.1. The molecule has 1 fully saturated rings. The predicted octanol–water partition coefficient (Wildman–Crippen LogP) is 4.36. The second-order valence-electron chi connectivity index (χ2n) is 7.44. The third kappa shape index (κ3) is 6.34. The number of nitrogens with zero attached hydrogens (tertiary/aromatic N) is 1. The molecule has 1 heterocycles. The highest BCUT2D eigenvalue weighted by atomic mass is 32.2. The monoisotopic (exact) mass is 412 g/mol. The molecule has 1 N–H and O–H groups in total. The van der Waals surface area contributed by atoms with E-state index in [1.165, 1.54) is 10.5 Å². The standard InChI is InChI=1S/C23H28N2O3S/c1-25(2)23(27)24-15-17-6-8-18(9-7-17)16-29-21-5-3-4-20(14-21)22(26)19-10-12-28-13-11-19/h3-9,14,19H,10-13,15-16H2,1-2H3,(H,24,27). The third-order valence-electron chi connectivity index (χ3n) is 4.99. The van der Waals surface area contributed by atoms with Crippen LogP contribution in [0.1, 0.15) is 34.3 Å². The lowest BCUT2D eigenvalue weighted by Gasteiger charge is -2.21. The van der Waals surface area contributed by atoms with Gasteiger partial charge in [-0.15, -0.1) is 11.8 Å². The summed E-state index contributed by atoms with van der Waals surface area (Å²) in [5.41, 5.74) is 3.07. The molecule has 0 spiro atoms. The number of urea groups is 1. The molecule has 5 nitrogen and oxygen atoms in total. The fraction of sp³-hybridized carbons (Fsp3) is 0.391. The molecule has 154 valence electrons. The number of ketones is 1. The zero-order chi connectivity index (χ0) is 20.6. The molecular weight excluding hydrogens is 384 g/mol. The number of ether oxygens (including phenoxy) is 1. The summed E-state index contributed by atoms with van der Waals surface area (Å²) in [7, 11) is 3.45. The summed E-state index contributed by atoms with van der Waals surface area (Å²) < 4.78 is 5.36. The van der Waals surface area contributed by atoms with E-state index in [2.05, 4.69) is 23.5 Å². The average Bonchev–Trinajstić information content (AvgIpc) is 2.77. The van der Waals surface area contributed by atoms with Crippen molar-refractivity contribution in [2.24, 2.45) is 5.92 Å². The van der Waals surface area contributed by atoms with E-state index in [0.29, 0.717) is 19.8 Å². The maximum atomic E-state index is 12.7. The van der Waals surface area contributed by atoms with Gasteiger partial charge >= 0.3 is 6.03 Å². The highest BCUT2D eigenvalue weighted by molar-refractivity contribution is 7.98. The Labute approximate surface area is 176 Å². The molecule has 0 unspecified atom stereocenters. The fourth-order valence-electron chi connectivity index (χ4n) is 3.19. The Morgan fingerprint density at radius 3 is 2.45 bits per heavy atom. The van der Waals surface area contributed by atoms with Crippen molar-refractivity contribution in [1.82, 2.24) is 10.2 Å². The molecule has 3 rings (SSSR count). The Bertz CT molecular complexity index is 830. The first-order chi connectivity index (χ1) is 14.0. The number of nitrogens with one attached hydrogen (secondary N) is 1. The van der Waals surface area contributed by atoms with E-state index in [4.69, 9.17) is 4.74 Å². The van der Waals surface area contributed by atoms with Crippen LogP contribution in [-0.4, -0.2) is 44.0 Å². The van der Waals surface area contributed by atoms with Crippen LogP contribution in [0.5, 0.6) is 0 Å². The fourth-order valence-corrected chi connectivity index (χ4v) is 4.10. The molecule has 0 atom stereocenters. The molecule has 0 aromatic heterocycles. The molecule has 1 aliphatic rings. The largest absolute Gasteiger partial charge is 0.381 e. The zero-order valence-corrected chi connectivity index (χ0v) is 17.8. The molecule has 0 bridgehead atoms. The summed E-state index contributed by atoms with van der Waals surface area (Å²) in [5, 5.41) is 2.86. The molecule has 2 aromatic carbocycles. The highest BCUT2D eigenvalue weighted by Gasteiger charge is 2.22. The lowest BCUT2D eigenvalue weighted by Crippen LogP contribution is -2.33. The van der Waals surface area contributed by atoms with Crippen LogP contribution in [0, 0.1) is 5.92 Å². The van der Waals surface area contributed by atoms with Crippen molar-refractivity contribution in [1.29, 1.82) is 0 Å². The number of thioether (sulfide) groups is 1. The number of hydrogen-bond donors (Lipinski definition) is 1. The van der Waals surface area contributed by atoms with Gasteiger partial charge in [0.2, 0.25) is 0 Å². The first-order valence-corrected chi connectivity index (χ1v) is 10.9. The molecular formula is C23H28N2O3S. The van der Waals surface area contributed by atoms with Crippen LogP contribution in [0.3, 0.4) is 0 Å². The number of carbonyl (C=O) groups excluding carboxylic acids is 2. The van der Waals surface area contributed by atoms with Gasteiger partial charge in [0.15, 0.2) is 5.78 Å². The Morgan fingerprint density at radius 2 is 1.76 bits per heavy atom. The molecule has 2 amide bonds. The number of benzene rings is 2. The van der Waals surface area contributed by atoms with Gasteiger partial charge in [-0.1, -0.05) is 36.4 Å². The van der Waals surface area contributed by atoms with Gasteiger partial charge in [0.05, 0.1) is 0 Å². The maximum Gasteiger partial charge on any atom is 0.317 e. The van der Waals surface area contributed by atoms with E-state index < -0.39 is 0 Å². The Balaban J connectivity index is 1.53. The zero-order valence-electron chi connectivity index (χ0n) is 17.0. The van der Waals surface area contributed by atoms with Crippen molar-refractivity contribution < 1.29 is 14.3 Å². The van der Waals surface area contributed by atoms with Gasteiger partial charge < -0.3 is 15.0 Å².